The van der Waals surface area contributed by atoms with E-state index in [0.29, 0.717) is 11.8 Å². The molecule has 2 bridgehead atoms. The highest BCUT2D eigenvalue weighted by Gasteiger charge is 2.63. The van der Waals surface area contributed by atoms with Crippen LogP contribution in [0.2, 0.25) is 0 Å². The van der Waals surface area contributed by atoms with E-state index in [-0.39, 0.29) is 23.9 Å². The van der Waals surface area contributed by atoms with E-state index in [0.717, 1.165) is 6.42 Å². The van der Waals surface area contributed by atoms with E-state index in [1.165, 1.54) is 0 Å². The number of hydrogen-bond acceptors (Lipinski definition) is 3. The molecule has 0 radical (unpaired) electrons. The normalized spacial score (nSPS) is 43.7. The monoisotopic (exact) mass is 250 g/mol. The Balaban J connectivity index is 1.89. The van der Waals surface area contributed by atoms with Gasteiger partial charge >= 0.3 is 11.9 Å². The molecule has 0 aromatic rings. The number of allylic oxidation sites excluding steroid dienone is 2. The molecule has 0 heterocycles. The van der Waals surface area contributed by atoms with Gasteiger partial charge < -0.3 is 9.84 Å². The summed E-state index contributed by atoms with van der Waals surface area (Å²) in [6.45, 7) is 3.59. The molecule has 98 valence electrons. The molecule has 1 N–H and O–H groups in total. The summed E-state index contributed by atoms with van der Waals surface area (Å²) >= 11 is 0. The minimum Gasteiger partial charge on any atom is -0.481 e. The summed E-state index contributed by atoms with van der Waals surface area (Å²) in [6, 6.07) is 0. The largest absolute Gasteiger partial charge is 0.481 e. The maximum Gasteiger partial charge on any atom is 0.310 e. The number of rotatable bonds is 3. The molecule has 0 spiro atoms. The van der Waals surface area contributed by atoms with Crippen LogP contribution in [-0.4, -0.2) is 23.1 Å². The molecule has 0 aliphatic heterocycles. The Morgan fingerprint density at radius 1 is 1.17 bits per heavy atom. The van der Waals surface area contributed by atoms with E-state index in [1.54, 1.807) is 13.8 Å². The van der Waals surface area contributed by atoms with Crippen molar-refractivity contribution < 1.29 is 19.4 Å². The molecule has 0 aromatic carbocycles. The van der Waals surface area contributed by atoms with Crippen LogP contribution in [0, 0.1) is 35.5 Å². The van der Waals surface area contributed by atoms with Gasteiger partial charge in [-0.15, -0.1) is 0 Å². The van der Waals surface area contributed by atoms with Crippen molar-refractivity contribution >= 4 is 11.9 Å². The summed E-state index contributed by atoms with van der Waals surface area (Å²) < 4.78 is 5.25. The van der Waals surface area contributed by atoms with Gasteiger partial charge in [-0.2, -0.15) is 0 Å². The minimum absolute atomic E-state index is 0.0298. The first-order chi connectivity index (χ1) is 8.50. The third-order valence-corrected chi connectivity index (χ3v) is 4.56. The zero-order valence-electron chi connectivity index (χ0n) is 10.6. The Kier molecular flexibility index (Phi) is 2.50. The number of hydrogen-bond donors (Lipinski definition) is 1. The van der Waals surface area contributed by atoms with Crippen LogP contribution < -0.4 is 0 Å². The molecule has 4 heteroatoms. The van der Waals surface area contributed by atoms with Gasteiger partial charge in [-0.25, -0.2) is 0 Å². The highest BCUT2D eigenvalue weighted by molar-refractivity contribution is 5.83. The molecular weight excluding hydrogens is 232 g/mol. The van der Waals surface area contributed by atoms with Crippen LogP contribution in [0.3, 0.4) is 0 Å². The molecular formula is C14H18O4. The van der Waals surface area contributed by atoms with Crippen LogP contribution in [0.1, 0.15) is 20.3 Å². The molecule has 4 aliphatic rings. The topological polar surface area (TPSA) is 63.6 Å². The summed E-state index contributed by atoms with van der Waals surface area (Å²) in [5, 5.41) is 9.41. The number of carbonyl (C=O) groups is 2. The average molecular weight is 250 g/mol. The van der Waals surface area contributed by atoms with Crippen molar-refractivity contribution in [3.8, 4) is 0 Å². The van der Waals surface area contributed by atoms with Gasteiger partial charge in [0.1, 0.15) is 0 Å². The second-order valence-electron chi connectivity index (χ2n) is 5.98. The zero-order valence-corrected chi connectivity index (χ0v) is 10.6. The molecule has 4 aliphatic carbocycles. The molecule has 18 heavy (non-hydrogen) atoms. The van der Waals surface area contributed by atoms with Crippen molar-refractivity contribution in [3.05, 3.63) is 12.2 Å². The summed E-state index contributed by atoms with van der Waals surface area (Å²) in [6.07, 6.45) is 4.94. The lowest BCUT2D eigenvalue weighted by Gasteiger charge is -2.41. The molecule has 0 amide bonds. The quantitative estimate of drug-likeness (QED) is 0.611. The number of carbonyl (C=O) groups excluding carboxylic acids is 1. The molecule has 4 rings (SSSR count). The van der Waals surface area contributed by atoms with E-state index in [9.17, 15) is 14.7 Å². The highest BCUT2D eigenvalue weighted by atomic mass is 16.5. The molecule has 2 saturated carbocycles. The zero-order chi connectivity index (χ0) is 13.0. The van der Waals surface area contributed by atoms with Crippen molar-refractivity contribution in [1.82, 2.24) is 0 Å². The molecule has 4 nitrogen and oxygen atoms in total. The molecule has 0 saturated heterocycles. The van der Waals surface area contributed by atoms with E-state index >= 15 is 0 Å². The van der Waals surface area contributed by atoms with Crippen LogP contribution in [-0.2, 0) is 14.3 Å². The molecule has 0 unspecified atom stereocenters. The lowest BCUT2D eigenvalue weighted by Crippen LogP contribution is -2.47. The number of fused-ring (bicyclic) bond motifs is 1. The predicted octanol–water partition coefficient (Wildman–Crippen LogP) is 1.71. The van der Waals surface area contributed by atoms with Gasteiger partial charge in [-0.3, -0.25) is 9.59 Å². The first-order valence-electron chi connectivity index (χ1n) is 6.62. The fraction of sp³-hybridized carbons (Fsp3) is 0.714. The Hall–Kier alpha value is -1.32. The Morgan fingerprint density at radius 2 is 1.72 bits per heavy atom. The van der Waals surface area contributed by atoms with E-state index in [4.69, 9.17) is 4.74 Å². The van der Waals surface area contributed by atoms with Gasteiger partial charge in [0.2, 0.25) is 0 Å². The van der Waals surface area contributed by atoms with Gasteiger partial charge in [0.15, 0.2) is 0 Å². The first-order valence-corrected chi connectivity index (χ1v) is 6.62. The standard InChI is InChI=1S/C14H18O4/c1-6(2)18-14(17)12-8-4-3-7(9-5-10(8)9)11(12)13(15)16/h3-4,6-12H,5H2,1-2H3,(H,15,16)/t7-,8-,9-,10-,11+,12-/m1/s1. The fourth-order valence-corrected chi connectivity index (χ4v) is 3.85. The molecule has 2 fully saturated rings. The van der Waals surface area contributed by atoms with Crippen LogP contribution in [0.5, 0.6) is 0 Å². The van der Waals surface area contributed by atoms with Crippen LogP contribution in [0.15, 0.2) is 12.2 Å². The maximum absolute atomic E-state index is 12.2. The van der Waals surface area contributed by atoms with Gasteiger partial charge in [0, 0.05) is 0 Å². The fourth-order valence-electron chi connectivity index (χ4n) is 3.85. The third kappa shape index (κ3) is 1.58. The first kappa shape index (κ1) is 11.8. The summed E-state index contributed by atoms with van der Waals surface area (Å²) in [5.74, 6) is -1.15. The highest BCUT2D eigenvalue weighted by Crippen LogP contribution is 2.63. The third-order valence-electron chi connectivity index (χ3n) is 4.56. The smallest absolute Gasteiger partial charge is 0.310 e. The van der Waals surface area contributed by atoms with Crippen molar-refractivity contribution in [2.24, 2.45) is 35.5 Å². The summed E-state index contributed by atoms with van der Waals surface area (Å²) in [7, 11) is 0. The van der Waals surface area contributed by atoms with Gasteiger partial charge in [-0.05, 0) is 43.9 Å². The molecule has 0 aromatic heterocycles. The number of esters is 1. The van der Waals surface area contributed by atoms with Crippen molar-refractivity contribution in [3.63, 3.8) is 0 Å². The second kappa shape index (κ2) is 3.84. The van der Waals surface area contributed by atoms with Gasteiger partial charge in [0.05, 0.1) is 17.9 Å². The van der Waals surface area contributed by atoms with E-state index in [1.807, 2.05) is 12.2 Å². The predicted molar refractivity (Wildman–Crippen MR) is 63.6 cm³/mol. The van der Waals surface area contributed by atoms with Crippen LogP contribution in [0.4, 0.5) is 0 Å². The number of carboxylic acid groups (broad SMARTS) is 1. The van der Waals surface area contributed by atoms with E-state index < -0.39 is 17.8 Å². The average Bonchev–Trinajstić information content (AvgIpc) is 3.07. The summed E-state index contributed by atoms with van der Waals surface area (Å²) in [4.78, 5) is 23.6. The Morgan fingerprint density at radius 3 is 2.22 bits per heavy atom. The maximum atomic E-state index is 12.2. The van der Waals surface area contributed by atoms with Gasteiger partial charge in [-0.1, -0.05) is 12.2 Å². The summed E-state index contributed by atoms with van der Waals surface area (Å²) in [5.41, 5.74) is 0. The van der Waals surface area contributed by atoms with Crippen LogP contribution in [0.25, 0.3) is 0 Å². The lowest BCUT2D eigenvalue weighted by molar-refractivity contribution is -0.167. The Labute approximate surface area is 106 Å². The van der Waals surface area contributed by atoms with Crippen molar-refractivity contribution in [1.29, 1.82) is 0 Å². The SMILES string of the molecule is CC(C)OC(=O)[C@@H]1[C@@H]2C=C[C@H]([C@H]3C[C@H]23)[C@@H]1C(=O)O. The van der Waals surface area contributed by atoms with Crippen molar-refractivity contribution in [2.45, 2.75) is 26.4 Å². The number of ether oxygens (including phenoxy) is 1. The minimum atomic E-state index is -0.856. The Bertz CT molecular complexity index is 426. The van der Waals surface area contributed by atoms with Crippen molar-refractivity contribution in [2.75, 3.05) is 0 Å². The van der Waals surface area contributed by atoms with Gasteiger partial charge in [0.25, 0.3) is 0 Å². The van der Waals surface area contributed by atoms with Crippen LogP contribution >= 0.6 is 0 Å². The number of carboxylic acids is 1. The molecule has 6 atom stereocenters. The number of aliphatic carboxylic acids is 1. The van der Waals surface area contributed by atoms with E-state index in [2.05, 4.69) is 0 Å². The second-order valence-corrected chi connectivity index (χ2v) is 5.98. The lowest BCUT2D eigenvalue weighted by atomic mass is 9.62.